The summed E-state index contributed by atoms with van der Waals surface area (Å²) in [7, 11) is 0. The van der Waals surface area contributed by atoms with E-state index in [9.17, 15) is 4.79 Å². The molecule has 0 saturated carbocycles. The molecule has 0 aliphatic carbocycles. The number of rotatable bonds is 5. The Morgan fingerprint density at radius 1 is 1.28 bits per heavy atom. The first kappa shape index (κ1) is 19.0. The number of carbonyl (C=O) groups is 1. The van der Waals surface area contributed by atoms with Gasteiger partial charge in [0.2, 0.25) is 10.9 Å². The Balaban J connectivity index is 1.30. The summed E-state index contributed by atoms with van der Waals surface area (Å²) in [5.74, 6) is 1.03. The van der Waals surface area contributed by atoms with Crippen LogP contribution in [0.5, 0.6) is 0 Å². The van der Waals surface area contributed by atoms with E-state index in [4.69, 9.17) is 16.6 Å². The minimum Gasteiger partial charge on any atom is -0.465 e. The first-order valence-electron chi connectivity index (χ1n) is 8.67. The van der Waals surface area contributed by atoms with Crippen LogP contribution in [0.2, 0.25) is 0 Å². The van der Waals surface area contributed by atoms with Gasteiger partial charge in [-0.2, -0.15) is 9.61 Å². The van der Waals surface area contributed by atoms with Crippen molar-refractivity contribution in [3.63, 3.8) is 0 Å². The Morgan fingerprint density at radius 3 is 2.83 bits per heavy atom. The van der Waals surface area contributed by atoms with Crippen molar-refractivity contribution in [2.45, 2.75) is 13.5 Å². The van der Waals surface area contributed by atoms with Gasteiger partial charge in [-0.3, -0.25) is 10.1 Å². The summed E-state index contributed by atoms with van der Waals surface area (Å²) in [4.78, 5) is 12.6. The molecular weight excluding hydrogens is 408 g/mol. The van der Waals surface area contributed by atoms with Crippen LogP contribution in [0.1, 0.15) is 17.1 Å². The second-order valence-corrected chi connectivity index (χ2v) is 7.43. The second-order valence-electron chi connectivity index (χ2n) is 6.07. The molecule has 10 heteroatoms. The van der Waals surface area contributed by atoms with Gasteiger partial charge in [0.25, 0.3) is 0 Å². The minimum atomic E-state index is -0.326. The predicted octanol–water partition coefficient (Wildman–Crippen LogP) is 2.96. The van der Waals surface area contributed by atoms with Crippen LogP contribution in [0.3, 0.4) is 0 Å². The van der Waals surface area contributed by atoms with Gasteiger partial charge in [0.05, 0.1) is 6.26 Å². The number of amides is 1. The fourth-order valence-corrected chi connectivity index (χ4v) is 3.58. The lowest BCUT2D eigenvalue weighted by atomic mass is 10.1. The zero-order valence-corrected chi connectivity index (χ0v) is 17.0. The predicted molar refractivity (Wildman–Crippen MR) is 114 cm³/mol. The first-order valence-corrected chi connectivity index (χ1v) is 9.89. The number of thiocarbonyl (C=S) groups is 1. The summed E-state index contributed by atoms with van der Waals surface area (Å²) >= 11 is 6.65. The molecule has 0 aliphatic heterocycles. The van der Waals surface area contributed by atoms with Crippen molar-refractivity contribution < 1.29 is 9.21 Å². The number of hydrogen-bond acceptors (Lipinski definition) is 7. The smallest absolute Gasteiger partial charge is 0.250 e. The molecule has 0 unspecified atom stereocenters. The number of nitrogens with one attached hydrogen (secondary N) is 2. The number of aryl methyl sites for hydroxylation is 1. The highest BCUT2D eigenvalue weighted by Gasteiger charge is 2.10. The van der Waals surface area contributed by atoms with Gasteiger partial charge >= 0.3 is 0 Å². The van der Waals surface area contributed by atoms with Crippen LogP contribution in [0.15, 0.2) is 53.2 Å². The fourth-order valence-electron chi connectivity index (χ4n) is 2.52. The van der Waals surface area contributed by atoms with Crippen molar-refractivity contribution >= 4 is 45.6 Å². The Hall–Kier alpha value is -3.37. The lowest BCUT2D eigenvalue weighted by Crippen LogP contribution is -2.37. The van der Waals surface area contributed by atoms with Crippen molar-refractivity contribution in [3.8, 4) is 10.6 Å². The summed E-state index contributed by atoms with van der Waals surface area (Å²) in [6.07, 6.45) is 4.48. The average Bonchev–Trinajstić information content (AvgIpc) is 3.45. The van der Waals surface area contributed by atoms with E-state index in [1.54, 1.807) is 29.0 Å². The molecule has 0 radical (unpaired) electrons. The van der Waals surface area contributed by atoms with Crippen molar-refractivity contribution in [1.82, 2.24) is 30.4 Å². The Labute approximate surface area is 175 Å². The molecule has 4 aromatic rings. The topological polar surface area (TPSA) is 97.3 Å². The van der Waals surface area contributed by atoms with E-state index in [0.717, 1.165) is 26.9 Å². The Bertz CT molecular complexity index is 1180. The number of benzene rings is 1. The number of nitrogens with zero attached hydrogens (tertiary/aromatic N) is 4. The van der Waals surface area contributed by atoms with E-state index in [1.165, 1.54) is 17.4 Å². The van der Waals surface area contributed by atoms with Gasteiger partial charge in [-0.1, -0.05) is 35.6 Å². The van der Waals surface area contributed by atoms with Gasteiger partial charge in [0, 0.05) is 18.2 Å². The van der Waals surface area contributed by atoms with E-state index < -0.39 is 0 Å². The molecule has 1 aromatic carbocycles. The van der Waals surface area contributed by atoms with Gasteiger partial charge in [-0.05, 0) is 42.9 Å². The van der Waals surface area contributed by atoms with Crippen molar-refractivity contribution in [2.75, 3.05) is 0 Å². The molecule has 146 valence electrons. The molecule has 3 heterocycles. The zero-order valence-electron chi connectivity index (χ0n) is 15.3. The summed E-state index contributed by atoms with van der Waals surface area (Å²) < 4.78 is 6.86. The maximum Gasteiger partial charge on any atom is 0.250 e. The van der Waals surface area contributed by atoms with Crippen LogP contribution in [-0.2, 0) is 11.3 Å². The molecule has 1 amide bonds. The summed E-state index contributed by atoms with van der Waals surface area (Å²) in [6.45, 7) is 2.36. The number of fused-ring (bicyclic) bond motifs is 1. The van der Waals surface area contributed by atoms with Crippen molar-refractivity contribution in [1.29, 1.82) is 0 Å². The molecule has 3 aromatic heterocycles. The number of carbonyl (C=O) groups excluding carboxylic acids is 1. The molecular formula is C19H16N6O2S2. The highest BCUT2D eigenvalue weighted by molar-refractivity contribution is 7.80. The fraction of sp³-hybridized carbons (Fsp3) is 0.105. The summed E-state index contributed by atoms with van der Waals surface area (Å²) in [5.41, 5.74) is 2.03. The van der Waals surface area contributed by atoms with Gasteiger partial charge < -0.3 is 9.73 Å². The third kappa shape index (κ3) is 4.55. The first-order chi connectivity index (χ1) is 14.1. The van der Waals surface area contributed by atoms with Gasteiger partial charge in [0.1, 0.15) is 10.8 Å². The van der Waals surface area contributed by atoms with E-state index in [1.807, 2.05) is 31.2 Å². The largest absolute Gasteiger partial charge is 0.465 e. The molecule has 0 saturated heterocycles. The number of hydrogen-bond donors (Lipinski definition) is 2. The molecule has 2 N–H and O–H groups in total. The van der Waals surface area contributed by atoms with Gasteiger partial charge in [-0.25, -0.2) is 0 Å². The summed E-state index contributed by atoms with van der Waals surface area (Å²) in [6, 6.07) is 11.5. The monoisotopic (exact) mass is 424 g/mol. The molecule has 0 fully saturated rings. The third-order valence-electron chi connectivity index (χ3n) is 3.98. The Kier molecular flexibility index (Phi) is 5.45. The molecule has 0 aliphatic rings. The molecule has 8 nitrogen and oxygen atoms in total. The third-order valence-corrected chi connectivity index (χ3v) is 5.17. The van der Waals surface area contributed by atoms with E-state index in [0.29, 0.717) is 12.3 Å². The Morgan fingerprint density at radius 2 is 2.10 bits per heavy atom. The number of furan rings is 1. The zero-order chi connectivity index (χ0) is 20.2. The summed E-state index contributed by atoms with van der Waals surface area (Å²) in [5, 5.41) is 19.3. The normalized spacial score (nSPS) is 11.2. The molecule has 29 heavy (non-hydrogen) atoms. The average molecular weight is 425 g/mol. The van der Waals surface area contributed by atoms with Crippen molar-refractivity contribution in [3.05, 3.63) is 65.9 Å². The molecule has 4 rings (SSSR count). The van der Waals surface area contributed by atoms with Crippen LogP contribution in [0.25, 0.3) is 21.6 Å². The maximum absolute atomic E-state index is 11.9. The van der Waals surface area contributed by atoms with Crippen LogP contribution in [0.4, 0.5) is 0 Å². The quantitative estimate of drug-likeness (QED) is 0.375. The lowest BCUT2D eigenvalue weighted by molar-refractivity contribution is -0.115. The number of aromatic nitrogens is 4. The van der Waals surface area contributed by atoms with Gasteiger partial charge in [0.15, 0.2) is 10.9 Å². The maximum atomic E-state index is 11.9. The van der Waals surface area contributed by atoms with Gasteiger partial charge in [-0.15, -0.1) is 10.2 Å². The van der Waals surface area contributed by atoms with Crippen LogP contribution in [0, 0.1) is 6.92 Å². The van der Waals surface area contributed by atoms with Crippen LogP contribution >= 0.6 is 23.6 Å². The minimum absolute atomic E-state index is 0.257. The SMILES string of the molecule is Cc1nnc2sc(-c3ccc(CNC(=S)NC(=O)C=Cc4ccco4)cc3)nn12. The lowest BCUT2D eigenvalue weighted by Gasteiger charge is -2.08. The van der Waals surface area contributed by atoms with Crippen LogP contribution in [-0.4, -0.2) is 30.8 Å². The highest BCUT2D eigenvalue weighted by Crippen LogP contribution is 2.25. The molecule has 0 bridgehead atoms. The van der Waals surface area contributed by atoms with E-state index in [-0.39, 0.29) is 11.0 Å². The molecule has 0 atom stereocenters. The van der Waals surface area contributed by atoms with E-state index in [2.05, 4.69) is 25.9 Å². The molecule has 0 spiro atoms. The van der Waals surface area contributed by atoms with Crippen LogP contribution < -0.4 is 10.6 Å². The second kappa shape index (κ2) is 8.33. The van der Waals surface area contributed by atoms with Crippen molar-refractivity contribution in [2.24, 2.45) is 0 Å². The highest BCUT2D eigenvalue weighted by atomic mass is 32.1. The standard InChI is InChI=1S/C19H16N6O2S2/c1-12-22-23-19-25(12)24-17(29-19)14-6-4-13(5-7-14)11-20-18(28)21-16(26)9-8-15-3-2-10-27-15/h2-10H,11H2,1H3,(H2,20,21,26,28). The van der Waals surface area contributed by atoms with E-state index >= 15 is 0 Å².